The van der Waals surface area contributed by atoms with E-state index in [1.54, 1.807) is 11.3 Å². The molecule has 1 unspecified atom stereocenters. The van der Waals surface area contributed by atoms with Gasteiger partial charge in [0.25, 0.3) is 0 Å². The highest BCUT2D eigenvalue weighted by atomic mass is 32.1. The second-order valence-electron chi connectivity index (χ2n) is 5.13. The molecule has 1 aromatic rings. The second kappa shape index (κ2) is 6.18. The average molecular weight is 267 g/mol. The number of urea groups is 1. The van der Waals surface area contributed by atoms with Crippen molar-refractivity contribution in [2.75, 3.05) is 19.6 Å². The van der Waals surface area contributed by atoms with E-state index in [-0.39, 0.29) is 11.9 Å². The predicted octanol–water partition coefficient (Wildman–Crippen LogP) is 2.69. The van der Waals surface area contributed by atoms with Gasteiger partial charge in [0.15, 0.2) is 0 Å². The van der Waals surface area contributed by atoms with E-state index >= 15 is 0 Å². The normalized spacial score (nSPS) is 18.7. The molecule has 0 bridgehead atoms. The minimum Gasteiger partial charge on any atom is -0.337 e. The summed E-state index contributed by atoms with van der Waals surface area (Å²) in [6, 6.07) is 0.0744. The molecular weight excluding hydrogens is 246 g/mol. The van der Waals surface area contributed by atoms with Crippen LogP contribution in [-0.2, 0) is 0 Å². The van der Waals surface area contributed by atoms with Gasteiger partial charge in [-0.2, -0.15) is 0 Å². The minimum atomic E-state index is 0.0744. The summed E-state index contributed by atoms with van der Waals surface area (Å²) in [6.07, 6.45) is 4.05. The molecule has 0 radical (unpaired) electrons. The number of carbonyl (C=O) groups excluding carboxylic acids is 1. The standard InChI is InChI=1S/C13H21N3OS/c1-10-3-6-16(7-4-10)13(17)15-9-11(2)12-14-5-8-18-12/h5,8,10-11H,3-4,6-7,9H2,1-2H3,(H,15,17). The average Bonchev–Trinajstić information content (AvgIpc) is 2.90. The third kappa shape index (κ3) is 3.45. The first-order valence-corrected chi connectivity index (χ1v) is 7.47. The molecule has 0 spiro atoms. The fourth-order valence-electron chi connectivity index (χ4n) is 2.13. The van der Waals surface area contributed by atoms with E-state index in [1.165, 1.54) is 0 Å². The lowest BCUT2D eigenvalue weighted by Gasteiger charge is -2.30. The van der Waals surface area contributed by atoms with E-state index in [0.717, 1.165) is 36.9 Å². The number of nitrogens with zero attached hydrogens (tertiary/aromatic N) is 2. The van der Waals surface area contributed by atoms with Crippen LogP contribution in [0.4, 0.5) is 4.79 Å². The maximum atomic E-state index is 12.0. The number of carbonyl (C=O) groups is 1. The van der Waals surface area contributed by atoms with Gasteiger partial charge in [0.05, 0.1) is 5.01 Å². The van der Waals surface area contributed by atoms with Crippen molar-refractivity contribution in [2.45, 2.75) is 32.6 Å². The first-order chi connectivity index (χ1) is 8.66. The van der Waals surface area contributed by atoms with Crippen LogP contribution in [0.2, 0.25) is 0 Å². The zero-order valence-corrected chi connectivity index (χ0v) is 11.9. The first-order valence-electron chi connectivity index (χ1n) is 6.59. The summed E-state index contributed by atoms with van der Waals surface area (Å²) >= 11 is 1.64. The van der Waals surface area contributed by atoms with Gasteiger partial charge in [0.1, 0.15) is 0 Å². The first kappa shape index (κ1) is 13.3. The van der Waals surface area contributed by atoms with Crippen LogP contribution >= 0.6 is 11.3 Å². The summed E-state index contributed by atoms with van der Waals surface area (Å²) in [5.74, 6) is 1.04. The lowest BCUT2D eigenvalue weighted by molar-refractivity contribution is 0.173. The highest BCUT2D eigenvalue weighted by Gasteiger charge is 2.20. The summed E-state index contributed by atoms with van der Waals surface area (Å²) in [5.41, 5.74) is 0. The summed E-state index contributed by atoms with van der Waals surface area (Å²) in [5, 5.41) is 6.07. The largest absolute Gasteiger partial charge is 0.337 e. The van der Waals surface area contributed by atoms with E-state index < -0.39 is 0 Å². The van der Waals surface area contributed by atoms with E-state index in [2.05, 4.69) is 24.1 Å². The Labute approximate surface area is 112 Å². The van der Waals surface area contributed by atoms with Crippen molar-refractivity contribution in [3.05, 3.63) is 16.6 Å². The van der Waals surface area contributed by atoms with Crippen molar-refractivity contribution < 1.29 is 4.79 Å². The van der Waals surface area contributed by atoms with Crippen LogP contribution < -0.4 is 5.32 Å². The van der Waals surface area contributed by atoms with Crippen LogP contribution in [0.15, 0.2) is 11.6 Å². The number of thiazole rings is 1. The smallest absolute Gasteiger partial charge is 0.317 e. The van der Waals surface area contributed by atoms with Gasteiger partial charge in [0.2, 0.25) is 0 Å². The van der Waals surface area contributed by atoms with E-state index in [1.807, 2.05) is 16.5 Å². The molecule has 1 N–H and O–H groups in total. The molecule has 0 aromatic carbocycles. The predicted molar refractivity (Wildman–Crippen MR) is 73.9 cm³/mol. The molecule has 1 fully saturated rings. The van der Waals surface area contributed by atoms with Crippen LogP contribution in [0, 0.1) is 5.92 Å². The van der Waals surface area contributed by atoms with Crippen molar-refractivity contribution in [3.63, 3.8) is 0 Å². The minimum absolute atomic E-state index is 0.0744. The summed E-state index contributed by atoms with van der Waals surface area (Å²) in [4.78, 5) is 18.2. The van der Waals surface area contributed by atoms with Crippen LogP contribution in [0.3, 0.4) is 0 Å². The number of likely N-dealkylation sites (tertiary alicyclic amines) is 1. The van der Waals surface area contributed by atoms with E-state index in [0.29, 0.717) is 6.54 Å². The molecule has 1 aliphatic rings. The van der Waals surface area contributed by atoms with Gasteiger partial charge in [-0.3, -0.25) is 0 Å². The maximum Gasteiger partial charge on any atom is 0.317 e. The second-order valence-corrected chi connectivity index (χ2v) is 6.05. The van der Waals surface area contributed by atoms with Gasteiger partial charge in [-0.05, 0) is 18.8 Å². The molecule has 0 saturated carbocycles. The maximum absolute atomic E-state index is 12.0. The molecule has 1 aliphatic heterocycles. The van der Waals surface area contributed by atoms with Crippen LogP contribution in [0.25, 0.3) is 0 Å². The Hall–Kier alpha value is -1.10. The van der Waals surface area contributed by atoms with Gasteiger partial charge in [-0.1, -0.05) is 13.8 Å². The van der Waals surface area contributed by atoms with Crippen molar-refractivity contribution >= 4 is 17.4 Å². The van der Waals surface area contributed by atoms with Gasteiger partial charge in [-0.25, -0.2) is 9.78 Å². The van der Waals surface area contributed by atoms with Crippen molar-refractivity contribution in [1.82, 2.24) is 15.2 Å². The van der Waals surface area contributed by atoms with E-state index in [9.17, 15) is 4.79 Å². The fourth-order valence-corrected chi connectivity index (χ4v) is 2.83. The van der Waals surface area contributed by atoms with Crippen LogP contribution in [0.1, 0.15) is 37.6 Å². The number of hydrogen-bond donors (Lipinski definition) is 1. The third-order valence-corrected chi connectivity index (χ3v) is 4.51. The molecule has 0 aliphatic carbocycles. The Balaban J connectivity index is 1.75. The van der Waals surface area contributed by atoms with Gasteiger partial charge < -0.3 is 10.2 Å². The molecule has 18 heavy (non-hydrogen) atoms. The zero-order valence-electron chi connectivity index (χ0n) is 11.1. The van der Waals surface area contributed by atoms with Gasteiger partial charge in [0, 0.05) is 37.1 Å². The monoisotopic (exact) mass is 267 g/mol. The number of aromatic nitrogens is 1. The lowest BCUT2D eigenvalue weighted by Crippen LogP contribution is -2.45. The number of piperidine rings is 1. The third-order valence-electron chi connectivity index (χ3n) is 3.50. The highest BCUT2D eigenvalue weighted by molar-refractivity contribution is 7.09. The Morgan fingerprint density at radius 3 is 2.94 bits per heavy atom. The Bertz CT molecular complexity index is 372. The number of hydrogen-bond acceptors (Lipinski definition) is 3. The quantitative estimate of drug-likeness (QED) is 0.915. The van der Waals surface area contributed by atoms with Gasteiger partial charge in [-0.15, -0.1) is 11.3 Å². The molecule has 1 aromatic heterocycles. The van der Waals surface area contributed by atoms with E-state index in [4.69, 9.17) is 0 Å². The van der Waals surface area contributed by atoms with Crippen molar-refractivity contribution in [1.29, 1.82) is 0 Å². The Morgan fingerprint density at radius 2 is 2.33 bits per heavy atom. The highest BCUT2D eigenvalue weighted by Crippen LogP contribution is 2.18. The zero-order chi connectivity index (χ0) is 13.0. The van der Waals surface area contributed by atoms with Crippen molar-refractivity contribution in [2.24, 2.45) is 5.92 Å². The van der Waals surface area contributed by atoms with Crippen LogP contribution in [-0.4, -0.2) is 35.5 Å². The van der Waals surface area contributed by atoms with Gasteiger partial charge >= 0.3 is 6.03 Å². The Kier molecular flexibility index (Phi) is 4.58. The lowest BCUT2D eigenvalue weighted by atomic mass is 10.00. The Morgan fingerprint density at radius 1 is 1.61 bits per heavy atom. The molecule has 2 amide bonds. The molecule has 4 nitrogen and oxygen atoms in total. The number of rotatable bonds is 3. The van der Waals surface area contributed by atoms with Crippen molar-refractivity contribution in [3.8, 4) is 0 Å². The SMILES string of the molecule is CC1CCN(C(=O)NCC(C)c2nccs2)CC1. The molecule has 1 atom stereocenters. The summed E-state index contributed by atoms with van der Waals surface area (Å²) in [7, 11) is 0. The van der Waals surface area contributed by atoms with Crippen LogP contribution in [0.5, 0.6) is 0 Å². The summed E-state index contributed by atoms with van der Waals surface area (Å²) in [6.45, 7) is 6.78. The molecule has 2 heterocycles. The fraction of sp³-hybridized carbons (Fsp3) is 0.692. The number of nitrogens with one attached hydrogen (secondary N) is 1. The topological polar surface area (TPSA) is 45.2 Å². The molecule has 1 saturated heterocycles. The molecular formula is C13H21N3OS. The molecule has 100 valence electrons. The molecule has 5 heteroatoms. The number of amides is 2. The summed E-state index contributed by atoms with van der Waals surface area (Å²) < 4.78 is 0. The molecule has 2 rings (SSSR count).